The van der Waals surface area contributed by atoms with Crippen LogP contribution in [0.5, 0.6) is 17.2 Å². The molecule has 1 aliphatic rings. The van der Waals surface area contributed by atoms with Crippen LogP contribution in [0.15, 0.2) is 58.0 Å². The number of piperidine rings is 1. The number of aromatic hydroxyl groups is 2. The first kappa shape index (κ1) is 27.7. The molecular formula is C29H33N3O7. The lowest BCUT2D eigenvalue weighted by Gasteiger charge is -2.36. The molecule has 1 fully saturated rings. The van der Waals surface area contributed by atoms with Crippen LogP contribution in [0, 0.1) is 6.92 Å². The third-order valence-electron chi connectivity index (χ3n) is 6.94. The van der Waals surface area contributed by atoms with Crippen molar-refractivity contribution in [3.8, 4) is 17.2 Å². The van der Waals surface area contributed by atoms with E-state index < -0.39 is 23.0 Å². The van der Waals surface area contributed by atoms with E-state index in [0.717, 1.165) is 24.8 Å². The van der Waals surface area contributed by atoms with Gasteiger partial charge in [-0.15, -0.1) is 0 Å². The average molecular weight is 536 g/mol. The number of benzene rings is 1. The Balaban J connectivity index is 1.46. The van der Waals surface area contributed by atoms with Gasteiger partial charge in [0.25, 0.3) is 0 Å². The van der Waals surface area contributed by atoms with Gasteiger partial charge in [0, 0.05) is 44.4 Å². The van der Waals surface area contributed by atoms with Gasteiger partial charge in [-0.1, -0.05) is 12.1 Å². The zero-order valence-corrected chi connectivity index (χ0v) is 22.1. The van der Waals surface area contributed by atoms with Gasteiger partial charge in [-0.3, -0.25) is 19.4 Å². The molecule has 3 aromatic rings. The quantitative estimate of drug-likeness (QED) is 0.378. The summed E-state index contributed by atoms with van der Waals surface area (Å²) in [5, 5.41) is 23.3. The number of carbonyl (C=O) groups is 2. The van der Waals surface area contributed by atoms with E-state index in [-0.39, 0.29) is 54.4 Å². The maximum atomic E-state index is 13.1. The minimum absolute atomic E-state index is 0.0308. The van der Waals surface area contributed by atoms with Gasteiger partial charge in [0.1, 0.15) is 5.76 Å². The highest BCUT2D eigenvalue weighted by Crippen LogP contribution is 2.37. The fourth-order valence-corrected chi connectivity index (χ4v) is 4.99. The normalized spacial score (nSPS) is 15.9. The van der Waals surface area contributed by atoms with Crippen molar-refractivity contribution in [3.63, 3.8) is 0 Å². The van der Waals surface area contributed by atoms with Crippen LogP contribution in [0.3, 0.4) is 0 Å². The molecular weight excluding hydrogens is 502 g/mol. The van der Waals surface area contributed by atoms with E-state index in [2.05, 4.69) is 10.3 Å². The minimum Gasteiger partial charge on any atom is -0.504 e. The fourth-order valence-electron chi connectivity index (χ4n) is 4.99. The maximum absolute atomic E-state index is 13.1. The highest BCUT2D eigenvalue weighted by atomic mass is 16.5. The number of nitrogens with one attached hydrogen (secondary N) is 1. The number of ether oxygens (including phenoxy) is 1. The highest BCUT2D eigenvalue weighted by molar-refractivity contribution is 5.80. The lowest BCUT2D eigenvalue weighted by molar-refractivity contribution is -0.135. The predicted octanol–water partition coefficient (Wildman–Crippen LogP) is 3.55. The van der Waals surface area contributed by atoms with E-state index >= 15 is 0 Å². The van der Waals surface area contributed by atoms with E-state index in [1.54, 1.807) is 25.4 Å². The Labute approximate surface area is 226 Å². The Morgan fingerprint density at radius 2 is 2.05 bits per heavy atom. The Morgan fingerprint density at radius 1 is 1.23 bits per heavy atom. The Hall–Kier alpha value is -4.34. The molecule has 3 N–H and O–H groups in total. The maximum Gasteiger partial charge on any atom is 0.227 e. The van der Waals surface area contributed by atoms with Gasteiger partial charge in [-0.2, -0.15) is 0 Å². The minimum atomic E-state index is -0.847. The number of hydrogen-bond donors (Lipinski definition) is 3. The summed E-state index contributed by atoms with van der Waals surface area (Å²) < 4.78 is 10.9. The smallest absolute Gasteiger partial charge is 0.227 e. The van der Waals surface area contributed by atoms with E-state index in [1.807, 2.05) is 17.0 Å². The topological polar surface area (TPSA) is 142 Å². The first-order valence-electron chi connectivity index (χ1n) is 12.9. The second-order valence-electron chi connectivity index (χ2n) is 9.61. The lowest BCUT2D eigenvalue weighted by atomic mass is 9.91. The van der Waals surface area contributed by atoms with E-state index in [1.165, 1.54) is 25.3 Å². The summed E-state index contributed by atoms with van der Waals surface area (Å²) >= 11 is 0. The second-order valence-corrected chi connectivity index (χ2v) is 9.61. The number of methoxy groups -OCH3 is 1. The van der Waals surface area contributed by atoms with Gasteiger partial charge in [0.2, 0.25) is 23.0 Å². The van der Waals surface area contributed by atoms with Gasteiger partial charge in [0.05, 0.1) is 19.1 Å². The molecule has 0 spiro atoms. The molecule has 0 radical (unpaired) electrons. The largest absolute Gasteiger partial charge is 0.504 e. The molecule has 0 saturated carbocycles. The number of aromatic nitrogens is 1. The number of rotatable bonds is 9. The molecule has 10 nitrogen and oxygen atoms in total. The Kier molecular flexibility index (Phi) is 8.85. The zero-order valence-electron chi connectivity index (χ0n) is 22.1. The number of hydrogen-bond acceptors (Lipinski definition) is 8. The Morgan fingerprint density at radius 3 is 2.79 bits per heavy atom. The fraction of sp³-hybridized carbons (Fsp3) is 0.379. The number of amides is 2. The molecule has 39 heavy (non-hydrogen) atoms. The van der Waals surface area contributed by atoms with Crippen LogP contribution in [0.2, 0.25) is 0 Å². The van der Waals surface area contributed by atoms with Crippen LogP contribution >= 0.6 is 0 Å². The number of aryl methyl sites for hydroxylation is 1. The van der Waals surface area contributed by atoms with Gasteiger partial charge in [-0.05, 0) is 55.5 Å². The Bertz CT molecular complexity index is 1370. The number of pyridine rings is 1. The first-order chi connectivity index (χ1) is 18.8. The molecule has 1 aromatic carbocycles. The predicted molar refractivity (Wildman–Crippen MR) is 143 cm³/mol. The molecule has 3 heterocycles. The molecule has 10 heteroatoms. The van der Waals surface area contributed by atoms with Gasteiger partial charge >= 0.3 is 0 Å². The molecule has 2 aromatic heterocycles. The summed E-state index contributed by atoms with van der Waals surface area (Å²) in [6.07, 6.45) is 6.28. The van der Waals surface area contributed by atoms with E-state index in [9.17, 15) is 24.6 Å². The van der Waals surface area contributed by atoms with Crippen molar-refractivity contribution in [1.29, 1.82) is 0 Å². The van der Waals surface area contributed by atoms with Crippen LogP contribution in [-0.2, 0) is 9.59 Å². The number of nitrogens with zero attached hydrogens (tertiary/aromatic N) is 2. The van der Waals surface area contributed by atoms with E-state index in [0.29, 0.717) is 12.1 Å². The third-order valence-corrected chi connectivity index (χ3v) is 6.94. The molecule has 2 amide bonds. The van der Waals surface area contributed by atoms with Crippen LogP contribution < -0.4 is 15.5 Å². The van der Waals surface area contributed by atoms with Crippen molar-refractivity contribution >= 4 is 11.8 Å². The van der Waals surface area contributed by atoms with Crippen LogP contribution in [0.1, 0.15) is 66.7 Å². The standard InChI is InChI=1S/C29H33N3O7/c1-18-14-24(34)28(37)29(39-18)21(19-8-9-23(33)25(15-19)38-2)16-26(35)31-12-10-27(36)32-13-4-3-7-22(32)20-6-5-11-30-17-20/h5-6,8-9,11,14-15,17,21-22,33,37H,3-4,7,10,12-13,16H2,1-2H3,(H,31,35)/t21-,22-/m0/s1. The van der Waals surface area contributed by atoms with Crippen molar-refractivity contribution in [2.75, 3.05) is 20.2 Å². The number of carbonyl (C=O) groups excluding carboxylic acids is 2. The summed E-state index contributed by atoms with van der Waals surface area (Å²) in [5.74, 6) is -1.60. The first-order valence-corrected chi connectivity index (χ1v) is 12.9. The van der Waals surface area contributed by atoms with Crippen LogP contribution in [0.4, 0.5) is 0 Å². The summed E-state index contributed by atoms with van der Waals surface area (Å²) in [6.45, 7) is 2.36. The SMILES string of the molecule is COc1cc([C@H](CC(=O)NCCC(=O)N2CCCC[C@H]2c2cccnc2)c2oc(C)cc(=O)c2O)ccc1O. The molecule has 0 bridgehead atoms. The number of likely N-dealkylation sites (tertiary alicyclic amines) is 1. The molecule has 2 atom stereocenters. The number of phenols is 1. The summed E-state index contributed by atoms with van der Waals surface area (Å²) in [7, 11) is 1.39. The summed E-state index contributed by atoms with van der Waals surface area (Å²) in [4.78, 5) is 44.4. The van der Waals surface area contributed by atoms with E-state index in [4.69, 9.17) is 9.15 Å². The van der Waals surface area contributed by atoms with Crippen LogP contribution in [0.25, 0.3) is 0 Å². The molecule has 4 rings (SSSR count). The summed E-state index contributed by atoms with van der Waals surface area (Å²) in [6, 6.07) is 9.46. The third kappa shape index (κ3) is 6.57. The molecule has 0 aliphatic carbocycles. The van der Waals surface area contributed by atoms with Crippen molar-refractivity contribution in [1.82, 2.24) is 15.2 Å². The van der Waals surface area contributed by atoms with Gasteiger partial charge in [0.15, 0.2) is 17.3 Å². The van der Waals surface area contributed by atoms with Crippen LogP contribution in [-0.4, -0.2) is 52.1 Å². The average Bonchev–Trinajstić information content (AvgIpc) is 2.94. The van der Waals surface area contributed by atoms with Gasteiger partial charge < -0.3 is 29.6 Å². The van der Waals surface area contributed by atoms with Gasteiger partial charge in [-0.25, -0.2) is 0 Å². The molecule has 1 saturated heterocycles. The lowest BCUT2D eigenvalue weighted by Crippen LogP contribution is -2.40. The monoisotopic (exact) mass is 535 g/mol. The van der Waals surface area contributed by atoms with Crippen molar-refractivity contribution < 1.29 is 29.0 Å². The molecule has 206 valence electrons. The number of phenolic OH excluding ortho intramolecular Hbond substituents is 1. The van der Waals surface area contributed by atoms with Crippen molar-refractivity contribution in [2.45, 2.75) is 51.0 Å². The molecule has 1 aliphatic heterocycles. The zero-order chi connectivity index (χ0) is 27.9. The van der Waals surface area contributed by atoms with Crippen molar-refractivity contribution in [3.05, 3.63) is 81.7 Å². The van der Waals surface area contributed by atoms with Crippen molar-refractivity contribution in [2.24, 2.45) is 0 Å². The summed E-state index contributed by atoms with van der Waals surface area (Å²) in [5.41, 5.74) is 0.869. The molecule has 0 unspecified atom stereocenters. The second kappa shape index (κ2) is 12.5. The highest BCUT2D eigenvalue weighted by Gasteiger charge is 2.29.